The lowest BCUT2D eigenvalue weighted by Gasteiger charge is -2.66. The second kappa shape index (κ2) is 8.01. The van der Waals surface area contributed by atoms with Gasteiger partial charge in [-0.25, -0.2) is 7.98 Å². The van der Waals surface area contributed by atoms with Crippen molar-refractivity contribution >= 4 is 18.9 Å². The van der Waals surface area contributed by atoms with Gasteiger partial charge in [0.05, 0.1) is 18.7 Å². The minimum atomic E-state index is -0.615. The van der Waals surface area contributed by atoms with E-state index >= 15 is 0 Å². The standard InChI is InChI=1S/C20H24BN2O2.CH4O/c1-3-13-12-23(21)9-7-14(13)10-19(23)20(24)16-6-8-22-18-5-4-15(25-2)11-17(16)18;1-2/h3-6,8,11,13-14,19-20,24H,1,7,9-10,12H2,2H3;2H,1H3/t13-,14-,19-,20+,23+;/m0./s1. The van der Waals surface area contributed by atoms with Crippen LogP contribution in [0.2, 0.25) is 0 Å². The number of quaternary nitrogens is 1. The summed E-state index contributed by atoms with van der Waals surface area (Å²) in [4.78, 5) is 4.42. The van der Waals surface area contributed by atoms with Crippen LogP contribution in [0.1, 0.15) is 24.5 Å². The Labute approximate surface area is 162 Å². The Morgan fingerprint density at radius 1 is 1.37 bits per heavy atom. The molecule has 2 N–H and O–H groups in total. The van der Waals surface area contributed by atoms with Crippen LogP contribution in [0.25, 0.3) is 10.9 Å². The molecule has 5 atom stereocenters. The van der Waals surface area contributed by atoms with Gasteiger partial charge in [0.2, 0.25) is 0 Å². The molecule has 1 aromatic heterocycles. The molecule has 0 amide bonds. The fourth-order valence-electron chi connectivity index (χ4n) is 4.78. The van der Waals surface area contributed by atoms with E-state index in [1.54, 1.807) is 13.3 Å². The van der Waals surface area contributed by atoms with Crippen molar-refractivity contribution in [2.75, 3.05) is 27.3 Å². The van der Waals surface area contributed by atoms with Crippen LogP contribution in [0.3, 0.4) is 0 Å². The van der Waals surface area contributed by atoms with E-state index in [0.717, 1.165) is 55.3 Å². The number of methoxy groups -OCH3 is 1. The fraction of sp³-hybridized carbons (Fsp3) is 0.476. The SMILES string of the molecule is CO.[B-][N@@+]12CC[C@@H](C[C@H]1[C@H](O)c1ccnc3ccc(OC)cc13)[C@@H](C=C)C2. The molecule has 143 valence electrons. The lowest BCUT2D eigenvalue weighted by molar-refractivity contribution is -0.871. The molecule has 27 heavy (non-hydrogen) atoms. The third-order valence-corrected chi connectivity index (χ3v) is 6.25. The third-order valence-electron chi connectivity index (χ3n) is 6.25. The van der Waals surface area contributed by atoms with Crippen LogP contribution >= 0.6 is 0 Å². The van der Waals surface area contributed by atoms with Gasteiger partial charge in [0.25, 0.3) is 0 Å². The summed E-state index contributed by atoms with van der Waals surface area (Å²) in [6, 6.07) is 7.69. The molecule has 1 aromatic carbocycles. The number of hydrogen-bond donors (Lipinski definition) is 2. The van der Waals surface area contributed by atoms with Gasteiger partial charge in [-0.1, -0.05) is 6.08 Å². The number of nitrogens with zero attached hydrogens (tertiary/aromatic N) is 2. The number of piperidine rings is 3. The van der Waals surface area contributed by atoms with Gasteiger partial charge in [-0.2, -0.15) is 0 Å². The van der Waals surface area contributed by atoms with Gasteiger partial charge < -0.3 is 19.3 Å². The van der Waals surface area contributed by atoms with E-state index in [9.17, 15) is 5.11 Å². The van der Waals surface area contributed by atoms with E-state index in [2.05, 4.69) is 11.6 Å². The molecule has 2 aromatic rings. The minimum absolute atomic E-state index is 0.00625. The van der Waals surface area contributed by atoms with Crippen molar-refractivity contribution in [2.45, 2.75) is 25.0 Å². The number of aliphatic hydroxyl groups excluding tert-OH is 2. The molecule has 3 radical (unpaired) electrons. The predicted octanol–water partition coefficient (Wildman–Crippen LogP) is 2.38. The first-order valence-electron chi connectivity index (χ1n) is 9.39. The summed E-state index contributed by atoms with van der Waals surface area (Å²) < 4.78 is 5.78. The van der Waals surface area contributed by atoms with E-state index < -0.39 is 6.10 Å². The Kier molecular flexibility index (Phi) is 5.89. The minimum Gasteiger partial charge on any atom is -0.583 e. The van der Waals surface area contributed by atoms with E-state index in [-0.39, 0.29) is 6.04 Å². The van der Waals surface area contributed by atoms with Gasteiger partial charge in [-0.05, 0) is 42.2 Å². The van der Waals surface area contributed by atoms with Gasteiger partial charge in [-0.3, -0.25) is 4.98 Å². The molecular formula is C21H28BN2O3. The largest absolute Gasteiger partial charge is 0.583 e. The summed E-state index contributed by atoms with van der Waals surface area (Å²) in [5, 5.41) is 19.2. The lowest BCUT2D eigenvalue weighted by Crippen LogP contribution is -2.66. The molecule has 5 nitrogen and oxygen atoms in total. The monoisotopic (exact) mass is 367 g/mol. The molecule has 3 aliphatic heterocycles. The molecule has 0 saturated carbocycles. The molecule has 3 aliphatic rings. The van der Waals surface area contributed by atoms with Crippen LogP contribution in [0.15, 0.2) is 43.1 Å². The molecule has 2 bridgehead atoms. The van der Waals surface area contributed by atoms with Crippen molar-refractivity contribution in [3.63, 3.8) is 0 Å². The summed E-state index contributed by atoms with van der Waals surface area (Å²) in [5.74, 6) is 1.79. The zero-order valence-corrected chi connectivity index (χ0v) is 16.1. The Morgan fingerprint density at radius 2 is 2.15 bits per heavy atom. The molecule has 6 heteroatoms. The van der Waals surface area contributed by atoms with Crippen LogP contribution in [0, 0.1) is 11.8 Å². The average molecular weight is 367 g/mol. The first-order valence-corrected chi connectivity index (χ1v) is 9.39. The molecule has 0 aliphatic carbocycles. The molecule has 0 unspecified atom stereocenters. The Morgan fingerprint density at radius 3 is 2.81 bits per heavy atom. The highest BCUT2D eigenvalue weighted by Gasteiger charge is 2.45. The van der Waals surface area contributed by atoms with Crippen LogP contribution in [0.4, 0.5) is 0 Å². The molecule has 4 heterocycles. The molecule has 3 saturated heterocycles. The molecular weight excluding hydrogens is 339 g/mol. The Hall–Kier alpha value is -1.89. The lowest BCUT2D eigenvalue weighted by atomic mass is 9.69. The first-order chi connectivity index (χ1) is 13.1. The number of aliphatic hydroxyl groups is 2. The number of aromatic nitrogens is 1. The highest BCUT2D eigenvalue weighted by Crippen LogP contribution is 2.45. The zero-order chi connectivity index (χ0) is 19.6. The highest BCUT2D eigenvalue weighted by molar-refractivity contribution is 5.97. The normalized spacial score (nSPS) is 30.3. The summed E-state index contributed by atoms with van der Waals surface area (Å²) in [5.41, 5.74) is 1.75. The molecule has 3 fully saturated rings. The first kappa shape index (κ1) is 19.9. The van der Waals surface area contributed by atoms with Crippen molar-refractivity contribution in [1.29, 1.82) is 0 Å². The quantitative estimate of drug-likeness (QED) is 0.644. The van der Waals surface area contributed by atoms with Gasteiger partial charge >= 0.3 is 0 Å². The second-order valence-corrected chi connectivity index (χ2v) is 7.49. The highest BCUT2D eigenvalue weighted by atomic mass is 16.5. The number of hydrogen-bond acceptors (Lipinski definition) is 4. The number of benzene rings is 1. The smallest absolute Gasteiger partial charge is 0.127 e. The van der Waals surface area contributed by atoms with Crippen molar-refractivity contribution in [2.24, 2.45) is 11.8 Å². The maximum absolute atomic E-state index is 11.3. The van der Waals surface area contributed by atoms with Crippen LogP contribution in [-0.2, 0) is 0 Å². The summed E-state index contributed by atoms with van der Waals surface area (Å²) in [7, 11) is 9.38. The maximum Gasteiger partial charge on any atom is 0.127 e. The van der Waals surface area contributed by atoms with E-state index in [1.165, 1.54) is 0 Å². The van der Waals surface area contributed by atoms with Crippen molar-refractivity contribution in [1.82, 2.24) is 4.98 Å². The number of pyridine rings is 1. The van der Waals surface area contributed by atoms with E-state index in [1.807, 2.05) is 30.3 Å². The van der Waals surface area contributed by atoms with E-state index in [4.69, 9.17) is 17.8 Å². The van der Waals surface area contributed by atoms with Crippen molar-refractivity contribution in [3.05, 3.63) is 48.7 Å². The zero-order valence-electron chi connectivity index (χ0n) is 16.1. The fourth-order valence-corrected chi connectivity index (χ4v) is 4.78. The van der Waals surface area contributed by atoms with E-state index in [0.29, 0.717) is 16.2 Å². The number of ether oxygens (including phenoxy) is 1. The molecule has 0 spiro atoms. The topological polar surface area (TPSA) is 62.6 Å². The van der Waals surface area contributed by atoms with Crippen LogP contribution < -0.4 is 4.74 Å². The number of rotatable bonds is 4. The average Bonchev–Trinajstić information content (AvgIpc) is 2.73. The summed E-state index contributed by atoms with van der Waals surface area (Å²) >= 11 is 0. The predicted molar refractivity (Wildman–Crippen MR) is 107 cm³/mol. The van der Waals surface area contributed by atoms with Gasteiger partial charge in [0.15, 0.2) is 0 Å². The number of fused-ring (bicyclic) bond motifs is 4. The summed E-state index contributed by atoms with van der Waals surface area (Å²) in [6.07, 6.45) is 5.23. The Bertz CT molecular complexity index is 815. The summed E-state index contributed by atoms with van der Waals surface area (Å²) in [6.45, 7) is 5.76. The van der Waals surface area contributed by atoms with Crippen LogP contribution in [-0.4, -0.2) is 60.9 Å². The molecule has 5 rings (SSSR count). The maximum atomic E-state index is 11.3. The van der Waals surface area contributed by atoms with Gasteiger partial charge in [0, 0.05) is 44.1 Å². The van der Waals surface area contributed by atoms with Gasteiger partial charge in [0.1, 0.15) is 11.9 Å². The van der Waals surface area contributed by atoms with Gasteiger partial charge in [-0.15, -0.1) is 6.58 Å². The van der Waals surface area contributed by atoms with Crippen molar-refractivity contribution < 1.29 is 19.3 Å². The Balaban J connectivity index is 0.00000102. The third kappa shape index (κ3) is 3.49. The van der Waals surface area contributed by atoms with Crippen molar-refractivity contribution in [3.8, 4) is 5.75 Å². The van der Waals surface area contributed by atoms with Crippen LogP contribution in [0.5, 0.6) is 5.75 Å². The second-order valence-electron chi connectivity index (χ2n) is 7.49.